The van der Waals surface area contributed by atoms with Crippen molar-refractivity contribution in [1.82, 2.24) is 0 Å². The van der Waals surface area contributed by atoms with Crippen LogP contribution in [0.1, 0.15) is 12.0 Å². The number of methoxy groups -OCH3 is 1. The Balaban J connectivity index is 2.53. The van der Waals surface area contributed by atoms with Gasteiger partial charge in [0.1, 0.15) is 5.75 Å². The van der Waals surface area contributed by atoms with Gasteiger partial charge in [0.15, 0.2) is 6.29 Å². The van der Waals surface area contributed by atoms with E-state index < -0.39 is 40.6 Å². The molecule has 0 spiro atoms. The molecule has 4 N–H and O–H groups in total. The molecule has 2 atom stereocenters. The molecule has 0 radical (unpaired) electrons. The number of rotatable bonds is 8. The summed E-state index contributed by atoms with van der Waals surface area (Å²) in [7, 11) is -2.85. The molecule has 124 valence electrons. The number of esters is 1. The minimum absolute atomic E-state index is 0.241. The maximum absolute atomic E-state index is 11.4. The Hall–Kier alpha value is -1.52. The summed E-state index contributed by atoms with van der Waals surface area (Å²) in [5.41, 5.74) is 6.52. The number of carbonyl (C=O) groups is 1. The molecule has 2 unspecified atom stereocenters. The normalized spacial score (nSPS) is 14.4. The Kier molecular flexibility index (Phi) is 6.91. The molecule has 0 bridgehead atoms. The monoisotopic (exact) mass is 333 g/mol. The van der Waals surface area contributed by atoms with E-state index in [0.29, 0.717) is 6.42 Å². The number of hydrogen-bond donors (Lipinski definition) is 3. The molecule has 0 saturated carbocycles. The highest BCUT2D eigenvalue weighted by molar-refractivity contribution is 7.85. The molecule has 0 aliphatic heterocycles. The lowest BCUT2D eigenvalue weighted by molar-refractivity contribution is -0.133. The van der Waals surface area contributed by atoms with E-state index in [-0.39, 0.29) is 5.75 Å². The highest BCUT2D eigenvalue weighted by Crippen LogP contribution is 2.14. The zero-order valence-corrected chi connectivity index (χ0v) is 12.8. The Morgan fingerprint density at radius 2 is 1.91 bits per heavy atom. The number of nitrogens with two attached hydrogens (primary N) is 1. The van der Waals surface area contributed by atoms with Gasteiger partial charge in [0, 0.05) is 7.11 Å². The lowest BCUT2D eigenvalue weighted by Gasteiger charge is -2.17. The van der Waals surface area contributed by atoms with Gasteiger partial charge in [-0.2, -0.15) is 8.42 Å². The smallest absolute Gasteiger partial charge is 0.312 e. The maximum Gasteiger partial charge on any atom is 0.312 e. The molecule has 9 heteroatoms. The summed E-state index contributed by atoms with van der Waals surface area (Å²) in [6.45, 7) is 0. The van der Waals surface area contributed by atoms with E-state index in [1.807, 2.05) is 0 Å². The van der Waals surface area contributed by atoms with Gasteiger partial charge in [0.2, 0.25) is 0 Å². The Bertz CT molecular complexity index is 585. The molecular formula is C13H19NO7S. The molecule has 0 heterocycles. The van der Waals surface area contributed by atoms with Crippen LogP contribution in [0.4, 0.5) is 0 Å². The standard InChI is InChI=1S/C13H19NO7S/c1-20-13(16)11(14)8-9-2-4-10(5-3-9)21-12(15)6-7-22(17,18)19/h2-5,11,13,16H,6-8,14H2,1H3,(H,17,18,19). The summed E-state index contributed by atoms with van der Waals surface area (Å²) < 4.78 is 39.2. The van der Waals surface area contributed by atoms with E-state index in [4.69, 9.17) is 19.8 Å². The molecular weight excluding hydrogens is 314 g/mol. The predicted molar refractivity (Wildman–Crippen MR) is 77.8 cm³/mol. The van der Waals surface area contributed by atoms with E-state index in [1.165, 1.54) is 19.2 Å². The molecule has 1 aromatic rings. The first-order chi connectivity index (χ1) is 10.2. The highest BCUT2D eigenvalue weighted by atomic mass is 32.2. The van der Waals surface area contributed by atoms with Gasteiger partial charge in [0.25, 0.3) is 10.1 Å². The van der Waals surface area contributed by atoms with E-state index in [1.54, 1.807) is 12.1 Å². The van der Waals surface area contributed by atoms with Crippen molar-refractivity contribution in [2.45, 2.75) is 25.2 Å². The van der Waals surface area contributed by atoms with Crippen molar-refractivity contribution in [2.75, 3.05) is 12.9 Å². The fourth-order valence-electron chi connectivity index (χ4n) is 1.64. The van der Waals surface area contributed by atoms with Crippen LogP contribution < -0.4 is 10.5 Å². The van der Waals surface area contributed by atoms with Crippen LogP contribution >= 0.6 is 0 Å². The average Bonchev–Trinajstić information content (AvgIpc) is 2.45. The summed E-state index contributed by atoms with van der Waals surface area (Å²) in [6.07, 6.45) is -1.14. The molecule has 0 aliphatic rings. The van der Waals surface area contributed by atoms with Crippen LogP contribution in [0.3, 0.4) is 0 Å². The number of aliphatic hydroxyl groups excluding tert-OH is 1. The van der Waals surface area contributed by atoms with Gasteiger partial charge in [0.05, 0.1) is 18.2 Å². The lowest BCUT2D eigenvalue weighted by Crippen LogP contribution is -2.37. The van der Waals surface area contributed by atoms with Crippen LogP contribution in [-0.4, -0.2) is 49.2 Å². The van der Waals surface area contributed by atoms with Crippen LogP contribution in [0.25, 0.3) is 0 Å². The van der Waals surface area contributed by atoms with Crippen LogP contribution in [0.5, 0.6) is 5.75 Å². The van der Waals surface area contributed by atoms with Crippen molar-refractivity contribution in [3.8, 4) is 5.75 Å². The van der Waals surface area contributed by atoms with Crippen LogP contribution in [0.2, 0.25) is 0 Å². The molecule has 0 saturated heterocycles. The summed E-state index contributed by atoms with van der Waals surface area (Å²) in [6, 6.07) is 5.77. The average molecular weight is 333 g/mol. The highest BCUT2D eigenvalue weighted by Gasteiger charge is 2.15. The Morgan fingerprint density at radius 1 is 1.32 bits per heavy atom. The topological polar surface area (TPSA) is 136 Å². The van der Waals surface area contributed by atoms with E-state index in [2.05, 4.69) is 0 Å². The molecule has 0 aliphatic carbocycles. The van der Waals surface area contributed by atoms with Gasteiger partial charge in [-0.15, -0.1) is 0 Å². The molecule has 1 rings (SSSR count). The first-order valence-electron chi connectivity index (χ1n) is 6.42. The van der Waals surface area contributed by atoms with Gasteiger partial charge < -0.3 is 20.3 Å². The Labute approximate surface area is 128 Å². The van der Waals surface area contributed by atoms with Crippen molar-refractivity contribution < 1.29 is 32.3 Å². The van der Waals surface area contributed by atoms with Crippen molar-refractivity contribution in [1.29, 1.82) is 0 Å². The van der Waals surface area contributed by atoms with Gasteiger partial charge in [-0.25, -0.2) is 0 Å². The zero-order valence-electron chi connectivity index (χ0n) is 12.0. The maximum atomic E-state index is 11.4. The minimum atomic E-state index is -4.19. The van der Waals surface area contributed by atoms with Crippen molar-refractivity contribution in [3.63, 3.8) is 0 Å². The van der Waals surface area contributed by atoms with Gasteiger partial charge >= 0.3 is 5.97 Å². The molecule has 0 aromatic heterocycles. The molecule has 1 aromatic carbocycles. The quantitative estimate of drug-likeness (QED) is 0.255. The van der Waals surface area contributed by atoms with Crippen LogP contribution in [0.15, 0.2) is 24.3 Å². The van der Waals surface area contributed by atoms with Crippen molar-refractivity contribution in [3.05, 3.63) is 29.8 Å². The summed E-state index contributed by atoms with van der Waals surface area (Å²) in [5, 5.41) is 9.40. The second-order valence-electron chi connectivity index (χ2n) is 4.65. The number of hydrogen-bond acceptors (Lipinski definition) is 7. The third-order valence-corrected chi connectivity index (χ3v) is 3.52. The lowest BCUT2D eigenvalue weighted by atomic mass is 10.1. The van der Waals surface area contributed by atoms with Crippen LogP contribution in [-0.2, 0) is 26.1 Å². The van der Waals surface area contributed by atoms with Crippen LogP contribution in [0, 0.1) is 0 Å². The van der Waals surface area contributed by atoms with Crippen molar-refractivity contribution >= 4 is 16.1 Å². The second kappa shape index (κ2) is 8.20. The second-order valence-corrected chi connectivity index (χ2v) is 6.22. The molecule has 0 amide bonds. The number of carbonyl (C=O) groups excluding carboxylic acids is 1. The summed E-state index contributed by atoms with van der Waals surface area (Å²) in [5.74, 6) is -1.21. The zero-order chi connectivity index (χ0) is 16.8. The molecule has 8 nitrogen and oxygen atoms in total. The van der Waals surface area contributed by atoms with Gasteiger partial charge in [-0.3, -0.25) is 9.35 Å². The van der Waals surface area contributed by atoms with Gasteiger partial charge in [-0.05, 0) is 24.1 Å². The summed E-state index contributed by atoms with van der Waals surface area (Å²) >= 11 is 0. The fraction of sp³-hybridized carbons (Fsp3) is 0.462. The van der Waals surface area contributed by atoms with Gasteiger partial charge in [-0.1, -0.05) is 12.1 Å². The number of benzene rings is 1. The first-order valence-corrected chi connectivity index (χ1v) is 8.03. The molecule has 22 heavy (non-hydrogen) atoms. The Morgan fingerprint density at radius 3 is 2.41 bits per heavy atom. The third kappa shape index (κ3) is 6.96. The minimum Gasteiger partial charge on any atom is -0.427 e. The van der Waals surface area contributed by atoms with E-state index >= 15 is 0 Å². The summed E-state index contributed by atoms with van der Waals surface area (Å²) in [4.78, 5) is 11.4. The fourth-order valence-corrected chi connectivity index (χ4v) is 2.06. The first kappa shape index (κ1) is 18.5. The number of aliphatic hydroxyl groups is 1. The van der Waals surface area contributed by atoms with Crippen molar-refractivity contribution in [2.24, 2.45) is 5.73 Å². The predicted octanol–water partition coefficient (Wildman–Crippen LogP) is -0.295. The SMILES string of the molecule is COC(O)C(N)Cc1ccc(OC(=O)CCS(=O)(=O)O)cc1. The molecule has 0 fully saturated rings. The van der Waals surface area contributed by atoms with E-state index in [0.717, 1.165) is 5.56 Å². The van der Waals surface area contributed by atoms with E-state index in [9.17, 15) is 18.3 Å². The number of ether oxygens (including phenoxy) is 2. The third-order valence-electron chi connectivity index (χ3n) is 2.80. The largest absolute Gasteiger partial charge is 0.427 e.